The number of rotatable bonds is 5. The number of aromatic nitrogens is 2. The SMILES string of the molecule is CCC(CC)C(=O)N1CCCN(C(=O)Cc2ccc3nc(C)[nH]c3c2)CC1. The number of amides is 2. The van der Waals surface area contributed by atoms with E-state index in [-0.39, 0.29) is 17.7 Å². The highest BCUT2D eigenvalue weighted by atomic mass is 16.2. The lowest BCUT2D eigenvalue weighted by Gasteiger charge is -2.25. The molecule has 6 heteroatoms. The Morgan fingerprint density at radius 1 is 1.11 bits per heavy atom. The van der Waals surface area contributed by atoms with Crippen molar-refractivity contribution < 1.29 is 9.59 Å². The molecule has 1 fully saturated rings. The van der Waals surface area contributed by atoms with Crippen molar-refractivity contribution in [3.05, 3.63) is 29.6 Å². The fourth-order valence-corrected chi connectivity index (χ4v) is 3.86. The third-order valence-electron chi connectivity index (χ3n) is 5.52. The summed E-state index contributed by atoms with van der Waals surface area (Å²) in [7, 11) is 0. The Morgan fingerprint density at radius 2 is 1.81 bits per heavy atom. The largest absolute Gasteiger partial charge is 0.342 e. The van der Waals surface area contributed by atoms with Gasteiger partial charge in [0.05, 0.1) is 17.5 Å². The lowest BCUT2D eigenvalue weighted by atomic mass is 10.0. The van der Waals surface area contributed by atoms with Gasteiger partial charge in [0, 0.05) is 32.1 Å². The average Bonchev–Trinajstić information content (AvgIpc) is 2.86. The Kier molecular flexibility index (Phi) is 6.14. The maximum Gasteiger partial charge on any atom is 0.227 e. The van der Waals surface area contributed by atoms with Crippen LogP contribution >= 0.6 is 0 Å². The molecule has 6 nitrogen and oxygen atoms in total. The van der Waals surface area contributed by atoms with Gasteiger partial charge >= 0.3 is 0 Å². The zero-order valence-electron chi connectivity index (χ0n) is 16.6. The number of benzene rings is 1. The Morgan fingerprint density at radius 3 is 2.56 bits per heavy atom. The van der Waals surface area contributed by atoms with Gasteiger partial charge in [-0.25, -0.2) is 4.98 Å². The summed E-state index contributed by atoms with van der Waals surface area (Å²) in [6.45, 7) is 8.79. The highest BCUT2D eigenvalue weighted by Gasteiger charge is 2.25. The van der Waals surface area contributed by atoms with Crippen molar-refractivity contribution in [2.24, 2.45) is 5.92 Å². The quantitative estimate of drug-likeness (QED) is 0.880. The van der Waals surface area contributed by atoms with Gasteiger partial charge in [0.25, 0.3) is 0 Å². The second-order valence-electron chi connectivity index (χ2n) is 7.42. The second kappa shape index (κ2) is 8.55. The molecule has 0 spiro atoms. The fraction of sp³-hybridized carbons (Fsp3) is 0.571. The molecule has 0 bridgehead atoms. The molecule has 0 aliphatic carbocycles. The summed E-state index contributed by atoms with van der Waals surface area (Å²) in [6, 6.07) is 5.94. The number of hydrogen-bond donors (Lipinski definition) is 1. The topological polar surface area (TPSA) is 69.3 Å². The summed E-state index contributed by atoms with van der Waals surface area (Å²) in [4.78, 5) is 36.9. The van der Waals surface area contributed by atoms with E-state index >= 15 is 0 Å². The van der Waals surface area contributed by atoms with Crippen molar-refractivity contribution in [2.45, 2.75) is 46.5 Å². The number of nitrogens with zero attached hydrogens (tertiary/aromatic N) is 3. The van der Waals surface area contributed by atoms with E-state index < -0.39 is 0 Å². The molecule has 0 atom stereocenters. The molecule has 0 unspecified atom stereocenters. The van der Waals surface area contributed by atoms with Crippen molar-refractivity contribution in [3.8, 4) is 0 Å². The van der Waals surface area contributed by atoms with Crippen molar-refractivity contribution in [1.29, 1.82) is 0 Å². The lowest BCUT2D eigenvalue weighted by molar-refractivity contribution is -0.136. The van der Waals surface area contributed by atoms with Crippen LogP contribution in [0.2, 0.25) is 0 Å². The molecule has 1 aliphatic heterocycles. The summed E-state index contributed by atoms with van der Waals surface area (Å²) in [5.41, 5.74) is 2.88. The van der Waals surface area contributed by atoms with Crippen LogP contribution in [0.3, 0.4) is 0 Å². The maximum absolute atomic E-state index is 12.8. The molecule has 1 aliphatic rings. The molecule has 2 amide bonds. The van der Waals surface area contributed by atoms with Crippen molar-refractivity contribution in [3.63, 3.8) is 0 Å². The zero-order chi connectivity index (χ0) is 19.4. The molecule has 1 aromatic heterocycles. The van der Waals surface area contributed by atoms with Gasteiger partial charge in [-0.1, -0.05) is 19.9 Å². The summed E-state index contributed by atoms with van der Waals surface area (Å²) in [6.07, 6.45) is 2.99. The number of imidazole rings is 1. The van der Waals surface area contributed by atoms with E-state index in [2.05, 4.69) is 23.8 Å². The molecular formula is C21H30N4O2. The Labute approximate surface area is 160 Å². The van der Waals surface area contributed by atoms with Crippen LogP contribution in [0, 0.1) is 12.8 Å². The van der Waals surface area contributed by atoms with E-state index in [1.807, 2.05) is 34.9 Å². The van der Waals surface area contributed by atoms with Crippen LogP contribution in [0.5, 0.6) is 0 Å². The van der Waals surface area contributed by atoms with Gasteiger partial charge in [-0.2, -0.15) is 0 Å². The first-order valence-electron chi connectivity index (χ1n) is 10.0. The number of carbonyl (C=O) groups excluding carboxylic acids is 2. The van der Waals surface area contributed by atoms with Crippen LogP contribution in [0.25, 0.3) is 11.0 Å². The number of aryl methyl sites for hydroxylation is 1. The zero-order valence-corrected chi connectivity index (χ0v) is 16.6. The van der Waals surface area contributed by atoms with Crippen LogP contribution < -0.4 is 0 Å². The molecule has 146 valence electrons. The summed E-state index contributed by atoms with van der Waals surface area (Å²) < 4.78 is 0. The number of fused-ring (bicyclic) bond motifs is 1. The van der Waals surface area contributed by atoms with E-state index in [1.165, 1.54) is 0 Å². The van der Waals surface area contributed by atoms with Crippen molar-refractivity contribution >= 4 is 22.8 Å². The standard InChI is InChI=1S/C21H30N4O2/c1-4-17(5-2)21(27)25-10-6-9-24(11-12-25)20(26)14-16-7-8-18-19(13-16)23-15(3)22-18/h7-8,13,17H,4-6,9-12,14H2,1-3H3,(H,22,23). The van der Waals surface area contributed by atoms with E-state index in [1.54, 1.807) is 0 Å². The Hall–Kier alpha value is -2.37. The number of H-pyrrole nitrogens is 1. The maximum atomic E-state index is 12.8. The first kappa shape index (κ1) is 19.4. The van der Waals surface area contributed by atoms with Crippen molar-refractivity contribution in [1.82, 2.24) is 19.8 Å². The van der Waals surface area contributed by atoms with E-state index in [4.69, 9.17) is 0 Å². The molecule has 3 rings (SSSR count). The molecule has 2 aromatic rings. The van der Waals surface area contributed by atoms with Gasteiger partial charge in [0.2, 0.25) is 11.8 Å². The predicted molar refractivity (Wildman–Crippen MR) is 106 cm³/mol. The van der Waals surface area contributed by atoms with Gasteiger partial charge < -0.3 is 14.8 Å². The van der Waals surface area contributed by atoms with Crippen LogP contribution in [-0.4, -0.2) is 57.8 Å². The van der Waals surface area contributed by atoms with Crippen molar-refractivity contribution in [2.75, 3.05) is 26.2 Å². The molecule has 0 radical (unpaired) electrons. The average molecular weight is 370 g/mol. The minimum absolute atomic E-state index is 0.108. The Bertz CT molecular complexity index is 810. The van der Waals surface area contributed by atoms with Gasteiger partial charge in [-0.15, -0.1) is 0 Å². The molecular weight excluding hydrogens is 340 g/mol. The highest BCUT2D eigenvalue weighted by molar-refractivity contribution is 5.82. The molecule has 1 aromatic carbocycles. The summed E-state index contributed by atoms with van der Waals surface area (Å²) in [5, 5.41) is 0. The smallest absolute Gasteiger partial charge is 0.227 e. The molecule has 1 saturated heterocycles. The lowest BCUT2D eigenvalue weighted by Crippen LogP contribution is -2.40. The highest BCUT2D eigenvalue weighted by Crippen LogP contribution is 2.17. The van der Waals surface area contributed by atoms with E-state index in [0.717, 1.165) is 54.8 Å². The predicted octanol–water partition coefficient (Wildman–Crippen LogP) is 2.91. The van der Waals surface area contributed by atoms with Gasteiger partial charge in [0.15, 0.2) is 0 Å². The molecule has 0 saturated carbocycles. The number of hydrogen-bond acceptors (Lipinski definition) is 3. The van der Waals surface area contributed by atoms with Crippen LogP contribution in [-0.2, 0) is 16.0 Å². The normalized spacial score (nSPS) is 15.4. The minimum atomic E-state index is 0.108. The number of nitrogens with one attached hydrogen (secondary N) is 1. The van der Waals surface area contributed by atoms with Crippen LogP contribution in [0.4, 0.5) is 0 Å². The third-order valence-corrected chi connectivity index (χ3v) is 5.52. The molecule has 1 N–H and O–H groups in total. The van der Waals surface area contributed by atoms with Gasteiger partial charge in [-0.3, -0.25) is 9.59 Å². The first-order valence-corrected chi connectivity index (χ1v) is 10.0. The Balaban J connectivity index is 1.60. The molecule has 2 heterocycles. The first-order chi connectivity index (χ1) is 13.0. The number of carbonyl (C=O) groups is 2. The summed E-state index contributed by atoms with van der Waals surface area (Å²) >= 11 is 0. The van der Waals surface area contributed by atoms with E-state index in [0.29, 0.717) is 19.5 Å². The monoisotopic (exact) mass is 370 g/mol. The molecule has 27 heavy (non-hydrogen) atoms. The van der Waals surface area contributed by atoms with Gasteiger partial charge in [0.1, 0.15) is 5.82 Å². The third kappa shape index (κ3) is 4.49. The van der Waals surface area contributed by atoms with Gasteiger partial charge in [-0.05, 0) is 43.9 Å². The van der Waals surface area contributed by atoms with Crippen LogP contribution in [0.15, 0.2) is 18.2 Å². The minimum Gasteiger partial charge on any atom is -0.342 e. The van der Waals surface area contributed by atoms with Crippen LogP contribution in [0.1, 0.15) is 44.5 Å². The van der Waals surface area contributed by atoms with E-state index in [9.17, 15) is 9.59 Å². The number of aromatic amines is 1. The fourth-order valence-electron chi connectivity index (χ4n) is 3.86. The second-order valence-corrected chi connectivity index (χ2v) is 7.42. The summed E-state index contributed by atoms with van der Waals surface area (Å²) in [5.74, 6) is 1.36.